The van der Waals surface area contributed by atoms with Crippen LogP contribution in [0.15, 0.2) is 54.6 Å². The molecular formula is C21H21N7O2. The second-order valence-electron chi connectivity index (χ2n) is 6.84. The number of nitrogens with one attached hydrogen (secondary N) is 2. The van der Waals surface area contributed by atoms with Crippen molar-refractivity contribution in [3.05, 3.63) is 71.8 Å². The minimum atomic E-state index is -0.522. The van der Waals surface area contributed by atoms with Crippen molar-refractivity contribution < 1.29 is 9.59 Å². The number of fused-ring (bicyclic) bond motifs is 1. The van der Waals surface area contributed by atoms with Gasteiger partial charge in [0.1, 0.15) is 5.82 Å². The third-order valence-corrected chi connectivity index (χ3v) is 4.76. The zero-order valence-corrected chi connectivity index (χ0v) is 16.7. The monoisotopic (exact) mass is 403 g/mol. The predicted octanol–water partition coefficient (Wildman–Crippen LogP) is 1.86. The number of imidazole rings is 1. The summed E-state index contributed by atoms with van der Waals surface area (Å²) in [7, 11) is 1.92. The maximum Gasteiger partial charge on any atom is 0.292 e. The molecule has 0 spiro atoms. The highest BCUT2D eigenvalue weighted by atomic mass is 16.2. The van der Waals surface area contributed by atoms with Crippen molar-refractivity contribution >= 4 is 22.8 Å². The van der Waals surface area contributed by atoms with Crippen LogP contribution in [0.2, 0.25) is 0 Å². The van der Waals surface area contributed by atoms with Crippen LogP contribution in [-0.2, 0) is 18.3 Å². The van der Waals surface area contributed by atoms with Crippen LogP contribution < -0.4 is 10.9 Å². The van der Waals surface area contributed by atoms with Crippen LogP contribution in [0.3, 0.4) is 0 Å². The fourth-order valence-corrected chi connectivity index (χ4v) is 3.16. The summed E-state index contributed by atoms with van der Waals surface area (Å²) in [5.74, 6) is -0.0337. The summed E-state index contributed by atoms with van der Waals surface area (Å²) in [5, 5.41) is 8.47. The first-order chi connectivity index (χ1) is 14.5. The van der Waals surface area contributed by atoms with Gasteiger partial charge in [0.25, 0.3) is 5.91 Å². The lowest BCUT2D eigenvalue weighted by Gasteiger charge is -2.06. The van der Waals surface area contributed by atoms with E-state index in [-0.39, 0.29) is 18.0 Å². The number of benzene rings is 2. The summed E-state index contributed by atoms with van der Waals surface area (Å²) in [6, 6.07) is 17.1. The number of carbonyl (C=O) groups excluding carboxylic acids is 2. The van der Waals surface area contributed by atoms with E-state index in [9.17, 15) is 9.59 Å². The molecule has 0 atom stereocenters. The van der Waals surface area contributed by atoms with Crippen LogP contribution in [0.1, 0.15) is 28.4 Å². The van der Waals surface area contributed by atoms with E-state index in [1.807, 2.05) is 66.2 Å². The Balaban J connectivity index is 1.34. The van der Waals surface area contributed by atoms with Crippen LogP contribution in [0.25, 0.3) is 16.7 Å². The molecule has 0 aliphatic rings. The van der Waals surface area contributed by atoms with Gasteiger partial charge < -0.3 is 4.57 Å². The smallest absolute Gasteiger partial charge is 0.292 e. The Labute approximate surface area is 172 Å². The van der Waals surface area contributed by atoms with Gasteiger partial charge in [0, 0.05) is 19.9 Å². The number of amides is 2. The number of aromatic nitrogens is 5. The molecule has 4 rings (SSSR count). The Hall–Kier alpha value is -4.01. The third-order valence-electron chi connectivity index (χ3n) is 4.76. The van der Waals surface area contributed by atoms with Gasteiger partial charge in [-0.15, -0.1) is 5.10 Å². The topological polar surface area (TPSA) is 107 Å². The fourth-order valence-electron chi connectivity index (χ4n) is 3.16. The van der Waals surface area contributed by atoms with Crippen LogP contribution >= 0.6 is 0 Å². The van der Waals surface area contributed by atoms with Crippen LogP contribution in [0.5, 0.6) is 0 Å². The Morgan fingerprint density at radius 2 is 1.70 bits per heavy atom. The van der Waals surface area contributed by atoms with Crippen LogP contribution in [-0.4, -0.2) is 36.4 Å². The normalized spacial score (nSPS) is 10.9. The number of hydrazine groups is 1. The van der Waals surface area contributed by atoms with Crippen molar-refractivity contribution in [2.45, 2.75) is 19.8 Å². The maximum absolute atomic E-state index is 12.4. The van der Waals surface area contributed by atoms with Gasteiger partial charge in [-0.3, -0.25) is 20.4 Å². The first-order valence-electron chi connectivity index (χ1n) is 9.52. The molecule has 0 saturated carbocycles. The van der Waals surface area contributed by atoms with E-state index in [1.54, 1.807) is 6.92 Å². The third kappa shape index (κ3) is 3.90. The van der Waals surface area contributed by atoms with E-state index in [2.05, 4.69) is 26.0 Å². The molecule has 2 heterocycles. The van der Waals surface area contributed by atoms with Crippen LogP contribution in [0.4, 0.5) is 0 Å². The molecule has 9 nitrogen and oxygen atoms in total. The second kappa shape index (κ2) is 8.16. The van der Waals surface area contributed by atoms with Crippen molar-refractivity contribution in [2.24, 2.45) is 7.05 Å². The number of hydrogen-bond acceptors (Lipinski definition) is 5. The summed E-state index contributed by atoms with van der Waals surface area (Å²) in [6.45, 7) is 1.69. The minimum absolute atomic E-state index is 0.148. The van der Waals surface area contributed by atoms with E-state index >= 15 is 0 Å². The number of para-hydroxylation sites is 3. The predicted molar refractivity (Wildman–Crippen MR) is 111 cm³/mol. The van der Waals surface area contributed by atoms with Gasteiger partial charge in [-0.2, -0.15) is 9.90 Å². The number of aryl methyl sites for hydroxylation is 3. The highest BCUT2D eigenvalue weighted by Crippen LogP contribution is 2.15. The SMILES string of the molecule is Cc1nn(-c2ccccc2)nc1C(=O)NNC(=O)CCc1nc2ccccc2n1C. The number of hydrogen-bond donors (Lipinski definition) is 2. The zero-order chi connectivity index (χ0) is 21.1. The first kappa shape index (κ1) is 19.3. The largest absolute Gasteiger partial charge is 0.331 e. The lowest BCUT2D eigenvalue weighted by molar-refractivity contribution is -0.121. The summed E-state index contributed by atoms with van der Waals surface area (Å²) in [6.07, 6.45) is 0.642. The fraction of sp³-hybridized carbons (Fsp3) is 0.190. The van der Waals surface area contributed by atoms with E-state index in [0.717, 1.165) is 22.5 Å². The minimum Gasteiger partial charge on any atom is -0.331 e. The van der Waals surface area contributed by atoms with Gasteiger partial charge in [0.05, 0.1) is 22.4 Å². The van der Waals surface area contributed by atoms with Gasteiger partial charge in [0.15, 0.2) is 5.69 Å². The average Bonchev–Trinajstić information content (AvgIpc) is 3.31. The summed E-state index contributed by atoms with van der Waals surface area (Å²) in [4.78, 5) is 30.5. The van der Waals surface area contributed by atoms with Gasteiger partial charge >= 0.3 is 0 Å². The molecule has 4 aromatic rings. The molecule has 0 radical (unpaired) electrons. The lowest BCUT2D eigenvalue weighted by Crippen LogP contribution is -2.42. The van der Waals surface area contributed by atoms with E-state index in [0.29, 0.717) is 12.1 Å². The molecule has 0 saturated heterocycles. The van der Waals surface area contributed by atoms with E-state index in [1.165, 1.54) is 4.80 Å². The summed E-state index contributed by atoms with van der Waals surface area (Å²) in [5.41, 5.74) is 8.08. The molecule has 0 bridgehead atoms. The second-order valence-corrected chi connectivity index (χ2v) is 6.84. The van der Waals surface area contributed by atoms with Gasteiger partial charge in [-0.25, -0.2) is 4.98 Å². The Bertz CT molecular complexity index is 1210. The molecule has 2 aromatic heterocycles. The molecule has 0 unspecified atom stereocenters. The van der Waals surface area contributed by atoms with Crippen molar-refractivity contribution in [1.29, 1.82) is 0 Å². The first-order valence-corrected chi connectivity index (χ1v) is 9.52. The molecule has 9 heteroatoms. The highest BCUT2D eigenvalue weighted by Gasteiger charge is 2.17. The van der Waals surface area contributed by atoms with Crippen molar-refractivity contribution in [2.75, 3.05) is 0 Å². The number of rotatable bonds is 5. The molecule has 152 valence electrons. The molecule has 0 aliphatic carbocycles. The Kier molecular flexibility index (Phi) is 5.25. The van der Waals surface area contributed by atoms with Crippen molar-refractivity contribution in [1.82, 2.24) is 35.4 Å². The average molecular weight is 403 g/mol. The zero-order valence-electron chi connectivity index (χ0n) is 16.7. The Morgan fingerprint density at radius 3 is 2.47 bits per heavy atom. The van der Waals surface area contributed by atoms with Gasteiger partial charge in [-0.05, 0) is 31.2 Å². The van der Waals surface area contributed by atoms with Gasteiger partial charge in [-0.1, -0.05) is 30.3 Å². The van der Waals surface area contributed by atoms with Crippen molar-refractivity contribution in [3.8, 4) is 5.69 Å². The lowest BCUT2D eigenvalue weighted by atomic mass is 10.3. The maximum atomic E-state index is 12.4. The highest BCUT2D eigenvalue weighted by molar-refractivity contribution is 5.94. The molecule has 2 amide bonds. The number of carbonyl (C=O) groups is 2. The van der Waals surface area contributed by atoms with Crippen molar-refractivity contribution in [3.63, 3.8) is 0 Å². The summed E-state index contributed by atoms with van der Waals surface area (Å²) < 4.78 is 1.96. The molecule has 30 heavy (non-hydrogen) atoms. The quantitative estimate of drug-likeness (QED) is 0.495. The standard InChI is InChI=1S/C21H21N7O2/c1-14-20(26-28(25-14)15-8-4-3-5-9-15)21(30)24-23-19(29)13-12-18-22-16-10-6-7-11-17(16)27(18)2/h3-11H,12-13H2,1-2H3,(H,23,29)(H,24,30). The van der Waals surface area contributed by atoms with E-state index < -0.39 is 5.91 Å². The molecule has 0 fully saturated rings. The van der Waals surface area contributed by atoms with Crippen LogP contribution in [0, 0.1) is 6.92 Å². The number of nitrogens with zero attached hydrogens (tertiary/aromatic N) is 5. The van der Waals surface area contributed by atoms with E-state index in [4.69, 9.17) is 0 Å². The molecule has 2 aromatic carbocycles. The summed E-state index contributed by atoms with van der Waals surface area (Å²) >= 11 is 0. The molecular weight excluding hydrogens is 382 g/mol. The molecule has 2 N–H and O–H groups in total. The van der Waals surface area contributed by atoms with Gasteiger partial charge in [0.2, 0.25) is 5.91 Å². The molecule has 0 aliphatic heterocycles. The Morgan fingerprint density at radius 1 is 0.967 bits per heavy atom.